The van der Waals surface area contributed by atoms with Crippen LogP contribution in [-0.4, -0.2) is 55.2 Å². The summed E-state index contributed by atoms with van der Waals surface area (Å²) >= 11 is 0. The van der Waals surface area contributed by atoms with Gasteiger partial charge in [-0.25, -0.2) is 4.79 Å². The molecule has 2 heterocycles. The zero-order valence-corrected chi connectivity index (χ0v) is 11.9. The van der Waals surface area contributed by atoms with Gasteiger partial charge in [0.25, 0.3) is 6.01 Å². The Morgan fingerprint density at radius 2 is 2.15 bits per heavy atom. The number of aromatic nitrogens is 1. The van der Waals surface area contributed by atoms with Gasteiger partial charge < -0.3 is 14.1 Å². The monoisotopic (exact) mass is 279 g/mol. The van der Waals surface area contributed by atoms with Gasteiger partial charge in [-0.2, -0.15) is 4.98 Å². The highest BCUT2D eigenvalue weighted by molar-refractivity contribution is 5.87. The quantitative estimate of drug-likeness (QED) is 0.759. The number of piperazine rings is 1. The van der Waals surface area contributed by atoms with E-state index in [1.807, 2.05) is 0 Å². The van der Waals surface area contributed by atoms with Gasteiger partial charge in [0, 0.05) is 32.7 Å². The van der Waals surface area contributed by atoms with Crippen LogP contribution in [0.3, 0.4) is 0 Å². The van der Waals surface area contributed by atoms with E-state index in [1.165, 1.54) is 25.6 Å². The van der Waals surface area contributed by atoms with E-state index in [2.05, 4.69) is 14.8 Å². The minimum atomic E-state index is -0.421. The zero-order chi connectivity index (χ0) is 13.9. The van der Waals surface area contributed by atoms with E-state index in [9.17, 15) is 4.79 Å². The highest BCUT2D eigenvalue weighted by atomic mass is 16.5. The van der Waals surface area contributed by atoms with Crippen LogP contribution < -0.4 is 4.90 Å². The number of hydrogen-bond acceptors (Lipinski definition) is 6. The van der Waals surface area contributed by atoms with Crippen LogP contribution in [-0.2, 0) is 4.74 Å². The van der Waals surface area contributed by atoms with E-state index in [0.717, 1.165) is 32.1 Å². The maximum atomic E-state index is 11.5. The highest BCUT2D eigenvalue weighted by Gasteiger charge is 2.27. The first-order valence-electron chi connectivity index (χ1n) is 7.36. The first kappa shape index (κ1) is 13.4. The second kappa shape index (κ2) is 5.83. The molecule has 0 spiro atoms. The minimum Gasteiger partial charge on any atom is -0.461 e. The molecule has 3 rings (SSSR count). The smallest absolute Gasteiger partial charge is 0.360 e. The van der Waals surface area contributed by atoms with Crippen molar-refractivity contribution in [2.24, 2.45) is 5.92 Å². The maximum Gasteiger partial charge on any atom is 0.360 e. The molecule has 6 nitrogen and oxygen atoms in total. The molecule has 110 valence electrons. The van der Waals surface area contributed by atoms with Crippen molar-refractivity contribution in [2.45, 2.75) is 19.8 Å². The Labute approximate surface area is 118 Å². The van der Waals surface area contributed by atoms with Crippen LogP contribution in [0, 0.1) is 5.92 Å². The summed E-state index contributed by atoms with van der Waals surface area (Å²) < 4.78 is 10.3. The van der Waals surface area contributed by atoms with Crippen molar-refractivity contribution >= 4 is 12.0 Å². The van der Waals surface area contributed by atoms with Gasteiger partial charge in [-0.15, -0.1) is 0 Å². The molecule has 6 heteroatoms. The molecule has 0 aromatic carbocycles. The SMILES string of the molecule is CCOC(=O)c1coc(N2CCN(CC3CC3)CC2)n1. The Hall–Kier alpha value is -1.56. The third-order valence-corrected chi connectivity index (χ3v) is 3.83. The molecule has 1 aliphatic carbocycles. The number of carbonyl (C=O) groups excluding carboxylic acids is 1. The van der Waals surface area contributed by atoms with Gasteiger partial charge in [-0.3, -0.25) is 4.90 Å². The van der Waals surface area contributed by atoms with Crippen LogP contribution in [0.25, 0.3) is 0 Å². The van der Waals surface area contributed by atoms with Crippen molar-refractivity contribution in [1.29, 1.82) is 0 Å². The predicted octanol–water partition coefficient (Wildman–Crippen LogP) is 1.38. The van der Waals surface area contributed by atoms with Crippen molar-refractivity contribution in [3.8, 4) is 0 Å². The standard InChI is InChI=1S/C14H21N3O3/c1-2-19-13(18)12-10-20-14(15-12)17-7-5-16(6-8-17)9-11-3-4-11/h10-11H,2-9H2,1H3. The van der Waals surface area contributed by atoms with Crippen molar-refractivity contribution < 1.29 is 13.9 Å². The van der Waals surface area contributed by atoms with E-state index >= 15 is 0 Å². The van der Waals surface area contributed by atoms with Crippen molar-refractivity contribution in [3.05, 3.63) is 12.0 Å². The molecule has 1 saturated carbocycles. The number of carbonyl (C=O) groups is 1. The van der Waals surface area contributed by atoms with Crippen LogP contribution in [0.2, 0.25) is 0 Å². The topological polar surface area (TPSA) is 58.8 Å². The maximum absolute atomic E-state index is 11.5. The molecule has 20 heavy (non-hydrogen) atoms. The van der Waals surface area contributed by atoms with Gasteiger partial charge in [0.2, 0.25) is 0 Å². The number of anilines is 1. The summed E-state index contributed by atoms with van der Waals surface area (Å²) in [5, 5.41) is 0. The Balaban J connectivity index is 1.53. The predicted molar refractivity (Wildman–Crippen MR) is 73.8 cm³/mol. The molecule has 1 aromatic heterocycles. The lowest BCUT2D eigenvalue weighted by molar-refractivity contribution is 0.0519. The first-order valence-corrected chi connectivity index (χ1v) is 7.36. The van der Waals surface area contributed by atoms with Crippen molar-refractivity contribution in [2.75, 3.05) is 44.2 Å². The molecule has 0 N–H and O–H groups in total. The van der Waals surface area contributed by atoms with E-state index in [1.54, 1.807) is 6.92 Å². The third kappa shape index (κ3) is 3.12. The number of oxazole rings is 1. The minimum absolute atomic E-state index is 0.252. The average molecular weight is 279 g/mol. The number of rotatable bonds is 5. The normalized spacial score (nSPS) is 20.1. The Morgan fingerprint density at radius 1 is 1.40 bits per heavy atom. The largest absolute Gasteiger partial charge is 0.461 e. The molecule has 1 saturated heterocycles. The fourth-order valence-electron chi connectivity index (χ4n) is 2.50. The lowest BCUT2D eigenvalue weighted by Gasteiger charge is -2.33. The lowest BCUT2D eigenvalue weighted by Crippen LogP contribution is -2.47. The van der Waals surface area contributed by atoms with Gasteiger partial charge in [-0.05, 0) is 25.7 Å². The van der Waals surface area contributed by atoms with Gasteiger partial charge in [-0.1, -0.05) is 0 Å². The third-order valence-electron chi connectivity index (χ3n) is 3.83. The Morgan fingerprint density at radius 3 is 2.80 bits per heavy atom. The van der Waals surface area contributed by atoms with E-state index < -0.39 is 5.97 Å². The van der Waals surface area contributed by atoms with Crippen LogP contribution in [0.5, 0.6) is 0 Å². The number of hydrogen-bond donors (Lipinski definition) is 0. The summed E-state index contributed by atoms with van der Waals surface area (Å²) in [4.78, 5) is 20.4. The fourth-order valence-corrected chi connectivity index (χ4v) is 2.50. The van der Waals surface area contributed by atoms with Crippen LogP contribution >= 0.6 is 0 Å². The fraction of sp³-hybridized carbons (Fsp3) is 0.714. The van der Waals surface area contributed by atoms with Gasteiger partial charge >= 0.3 is 5.97 Å². The van der Waals surface area contributed by atoms with Gasteiger partial charge in [0.1, 0.15) is 6.26 Å². The van der Waals surface area contributed by atoms with Crippen LogP contribution in [0.15, 0.2) is 10.7 Å². The van der Waals surface area contributed by atoms with Crippen molar-refractivity contribution in [3.63, 3.8) is 0 Å². The first-order chi connectivity index (χ1) is 9.76. The molecular formula is C14H21N3O3. The Bertz CT molecular complexity index is 462. The summed E-state index contributed by atoms with van der Waals surface area (Å²) in [6.07, 6.45) is 4.16. The molecule has 0 atom stereocenters. The molecule has 0 radical (unpaired) electrons. The molecule has 0 amide bonds. The second-order valence-electron chi connectivity index (χ2n) is 5.47. The molecular weight excluding hydrogens is 258 g/mol. The van der Waals surface area contributed by atoms with E-state index in [4.69, 9.17) is 9.15 Å². The molecule has 0 bridgehead atoms. The van der Waals surface area contributed by atoms with Gasteiger partial charge in [0.15, 0.2) is 5.69 Å². The summed E-state index contributed by atoms with van der Waals surface area (Å²) in [5.41, 5.74) is 0.252. The van der Waals surface area contributed by atoms with Crippen LogP contribution in [0.4, 0.5) is 6.01 Å². The number of nitrogens with zero attached hydrogens (tertiary/aromatic N) is 3. The molecule has 1 aliphatic heterocycles. The Kier molecular flexibility index (Phi) is 3.91. The average Bonchev–Trinajstić information content (AvgIpc) is 3.13. The number of ether oxygens (including phenoxy) is 1. The number of esters is 1. The highest BCUT2D eigenvalue weighted by Crippen LogP contribution is 2.30. The second-order valence-corrected chi connectivity index (χ2v) is 5.47. The van der Waals surface area contributed by atoms with Crippen LogP contribution in [0.1, 0.15) is 30.3 Å². The molecule has 0 unspecified atom stereocenters. The summed E-state index contributed by atoms with van der Waals surface area (Å²) in [7, 11) is 0. The summed E-state index contributed by atoms with van der Waals surface area (Å²) in [5.74, 6) is 0.508. The molecule has 2 aliphatic rings. The summed E-state index contributed by atoms with van der Waals surface area (Å²) in [6, 6.07) is 0.527. The molecule has 1 aromatic rings. The summed E-state index contributed by atoms with van der Waals surface area (Å²) in [6.45, 7) is 7.22. The van der Waals surface area contributed by atoms with Crippen molar-refractivity contribution in [1.82, 2.24) is 9.88 Å². The van der Waals surface area contributed by atoms with E-state index in [0.29, 0.717) is 12.6 Å². The lowest BCUT2D eigenvalue weighted by atomic mass is 10.3. The molecule has 2 fully saturated rings. The van der Waals surface area contributed by atoms with Gasteiger partial charge in [0.05, 0.1) is 6.61 Å². The zero-order valence-electron chi connectivity index (χ0n) is 11.9. The van der Waals surface area contributed by atoms with E-state index in [-0.39, 0.29) is 5.69 Å².